The van der Waals surface area contributed by atoms with Gasteiger partial charge in [-0.1, -0.05) is 0 Å². The van der Waals surface area contributed by atoms with E-state index in [1.807, 2.05) is 20.2 Å². The Balaban J connectivity index is 1.23. The lowest BCUT2D eigenvalue weighted by Gasteiger charge is -2.31. The van der Waals surface area contributed by atoms with Crippen molar-refractivity contribution in [2.45, 2.75) is 44.4 Å². The monoisotopic (exact) mass is 463 g/mol. The van der Waals surface area contributed by atoms with Crippen molar-refractivity contribution in [1.82, 2.24) is 24.8 Å². The molecule has 2 fully saturated rings. The molecule has 3 heterocycles. The molecule has 0 spiro atoms. The minimum absolute atomic E-state index is 0.165. The number of nitrogens with one attached hydrogen (secondary N) is 1. The van der Waals surface area contributed by atoms with Gasteiger partial charge in [-0.2, -0.15) is 0 Å². The molecule has 5 rings (SSSR count). The first-order chi connectivity index (χ1) is 16.6. The molecule has 2 aliphatic rings. The third kappa shape index (κ3) is 5.53. The Hall–Kier alpha value is -3.04. The van der Waals surface area contributed by atoms with Crippen molar-refractivity contribution in [3.63, 3.8) is 0 Å². The number of ether oxygens (including phenoxy) is 2. The second-order valence-electron chi connectivity index (χ2n) is 9.34. The van der Waals surface area contributed by atoms with E-state index in [0.717, 1.165) is 92.5 Å². The van der Waals surface area contributed by atoms with Gasteiger partial charge >= 0.3 is 0 Å². The molecule has 0 radical (unpaired) electrons. The second-order valence-corrected chi connectivity index (χ2v) is 9.34. The summed E-state index contributed by atoms with van der Waals surface area (Å²) in [6.45, 7) is 4.05. The summed E-state index contributed by atoms with van der Waals surface area (Å²) in [7, 11) is 4.09. The fourth-order valence-corrected chi connectivity index (χ4v) is 4.72. The third-order valence-electron chi connectivity index (χ3n) is 6.42. The molecule has 1 aliphatic heterocycles. The lowest BCUT2D eigenvalue weighted by Crippen LogP contribution is -2.36. The summed E-state index contributed by atoms with van der Waals surface area (Å²) in [5.41, 5.74) is 3.84. The summed E-state index contributed by atoms with van der Waals surface area (Å²) in [5.74, 6) is 1.73. The van der Waals surface area contributed by atoms with E-state index in [2.05, 4.69) is 47.2 Å². The van der Waals surface area contributed by atoms with Crippen LogP contribution in [0.5, 0.6) is 5.75 Å². The van der Waals surface area contributed by atoms with Crippen molar-refractivity contribution < 1.29 is 9.47 Å². The van der Waals surface area contributed by atoms with Gasteiger partial charge in [-0.25, -0.2) is 15.0 Å². The van der Waals surface area contributed by atoms with E-state index in [9.17, 15) is 0 Å². The molecule has 3 aromatic rings. The van der Waals surface area contributed by atoms with Crippen molar-refractivity contribution in [2.24, 2.45) is 0 Å². The van der Waals surface area contributed by atoms with Crippen LogP contribution in [-0.2, 0) is 11.3 Å². The summed E-state index contributed by atoms with van der Waals surface area (Å²) in [6, 6.07) is 6.66. The van der Waals surface area contributed by atoms with Crippen molar-refractivity contribution in [2.75, 3.05) is 50.6 Å². The molecule has 1 aromatic carbocycles. The molecule has 180 valence electrons. The Kier molecular flexibility index (Phi) is 7.01. The quantitative estimate of drug-likeness (QED) is 0.568. The van der Waals surface area contributed by atoms with Crippen molar-refractivity contribution in [1.29, 1.82) is 0 Å². The number of hydrogen-bond donors (Lipinski definition) is 1. The van der Waals surface area contributed by atoms with E-state index >= 15 is 0 Å². The molecule has 1 saturated heterocycles. The van der Waals surface area contributed by atoms with Gasteiger partial charge in [0.05, 0.1) is 30.5 Å². The highest BCUT2D eigenvalue weighted by molar-refractivity contribution is 5.85. The fraction of sp³-hybridized carbons (Fsp3) is 0.520. The predicted molar refractivity (Wildman–Crippen MR) is 132 cm³/mol. The van der Waals surface area contributed by atoms with Gasteiger partial charge in [0.25, 0.3) is 0 Å². The number of hydrogen-bond acceptors (Lipinski definition) is 9. The first kappa shape index (κ1) is 22.7. The van der Waals surface area contributed by atoms with Crippen LogP contribution in [0.25, 0.3) is 11.0 Å². The molecular weight excluding hydrogens is 430 g/mol. The lowest BCUT2D eigenvalue weighted by atomic mass is 9.93. The molecule has 0 atom stereocenters. The molecule has 34 heavy (non-hydrogen) atoms. The van der Waals surface area contributed by atoms with E-state index in [4.69, 9.17) is 9.47 Å². The largest absolute Gasteiger partial charge is 0.488 e. The van der Waals surface area contributed by atoms with Crippen LogP contribution in [0.4, 0.5) is 11.5 Å². The van der Waals surface area contributed by atoms with Gasteiger partial charge in [0.15, 0.2) is 0 Å². The van der Waals surface area contributed by atoms with Crippen LogP contribution >= 0.6 is 0 Å². The minimum Gasteiger partial charge on any atom is -0.488 e. The third-order valence-corrected chi connectivity index (χ3v) is 6.42. The number of aromatic nitrogens is 4. The van der Waals surface area contributed by atoms with Crippen molar-refractivity contribution >= 4 is 22.5 Å². The number of fused-ring (bicyclic) bond motifs is 1. The number of rotatable bonds is 7. The average molecular weight is 464 g/mol. The summed E-state index contributed by atoms with van der Waals surface area (Å²) in [6.07, 6.45) is 9.31. The van der Waals surface area contributed by atoms with Crippen LogP contribution < -0.4 is 15.0 Å². The Bertz CT molecular complexity index is 1100. The number of morpholine rings is 1. The molecule has 9 nitrogen and oxygen atoms in total. The average Bonchev–Trinajstić information content (AvgIpc) is 2.85. The molecule has 2 aromatic heterocycles. The molecule has 0 amide bonds. The summed E-state index contributed by atoms with van der Waals surface area (Å²) < 4.78 is 12.1. The van der Waals surface area contributed by atoms with Crippen molar-refractivity contribution in [3.8, 4) is 5.75 Å². The summed E-state index contributed by atoms with van der Waals surface area (Å²) in [4.78, 5) is 22.3. The van der Waals surface area contributed by atoms with E-state index < -0.39 is 0 Å². The van der Waals surface area contributed by atoms with Crippen LogP contribution in [0.3, 0.4) is 0 Å². The van der Waals surface area contributed by atoms with Gasteiger partial charge in [0.1, 0.15) is 23.4 Å². The molecular formula is C25H33N7O2. The first-order valence-electron chi connectivity index (χ1n) is 12.1. The maximum atomic E-state index is 6.54. The van der Waals surface area contributed by atoms with Gasteiger partial charge in [-0.05, 0) is 45.8 Å². The highest BCUT2D eigenvalue weighted by Crippen LogP contribution is 2.33. The zero-order valence-electron chi connectivity index (χ0n) is 20.0. The molecule has 1 N–H and O–H groups in total. The van der Waals surface area contributed by atoms with Gasteiger partial charge in [-0.15, -0.1) is 0 Å². The number of nitrogens with zero attached hydrogens (tertiary/aromatic N) is 6. The second kappa shape index (κ2) is 10.5. The Labute approximate surface area is 200 Å². The molecule has 1 saturated carbocycles. The normalized spacial score (nSPS) is 21.1. The predicted octanol–water partition coefficient (Wildman–Crippen LogP) is 3.12. The van der Waals surface area contributed by atoms with E-state index in [1.165, 1.54) is 0 Å². The first-order valence-corrected chi connectivity index (χ1v) is 12.1. The van der Waals surface area contributed by atoms with E-state index in [-0.39, 0.29) is 6.10 Å². The molecule has 0 unspecified atom stereocenters. The van der Waals surface area contributed by atoms with Gasteiger partial charge in [0, 0.05) is 55.9 Å². The maximum Gasteiger partial charge on any atom is 0.149 e. The lowest BCUT2D eigenvalue weighted by molar-refractivity contribution is 0.122. The van der Waals surface area contributed by atoms with Crippen LogP contribution in [0, 0.1) is 0 Å². The summed E-state index contributed by atoms with van der Waals surface area (Å²) in [5, 5.41) is 3.59. The van der Waals surface area contributed by atoms with Crippen LogP contribution in [-0.4, -0.2) is 77.4 Å². The van der Waals surface area contributed by atoms with Crippen molar-refractivity contribution in [3.05, 3.63) is 42.6 Å². The molecule has 1 aliphatic carbocycles. The van der Waals surface area contributed by atoms with Gasteiger partial charge in [0.2, 0.25) is 0 Å². The zero-order valence-corrected chi connectivity index (χ0v) is 20.0. The Morgan fingerprint density at radius 2 is 1.79 bits per heavy atom. The molecule has 0 bridgehead atoms. The van der Waals surface area contributed by atoms with Crippen LogP contribution in [0.15, 0.2) is 36.9 Å². The molecule has 9 heteroatoms. The van der Waals surface area contributed by atoms with E-state index in [0.29, 0.717) is 6.04 Å². The Morgan fingerprint density at radius 3 is 2.59 bits per heavy atom. The summed E-state index contributed by atoms with van der Waals surface area (Å²) >= 11 is 0. The topological polar surface area (TPSA) is 88.5 Å². The minimum atomic E-state index is 0.165. The van der Waals surface area contributed by atoms with Gasteiger partial charge < -0.3 is 24.6 Å². The zero-order chi connectivity index (χ0) is 23.3. The van der Waals surface area contributed by atoms with Crippen LogP contribution in [0.2, 0.25) is 0 Å². The van der Waals surface area contributed by atoms with Gasteiger partial charge in [-0.3, -0.25) is 4.98 Å². The highest BCUT2D eigenvalue weighted by atomic mass is 16.5. The number of benzene rings is 1. The highest BCUT2D eigenvalue weighted by Gasteiger charge is 2.24. The smallest absolute Gasteiger partial charge is 0.149 e. The van der Waals surface area contributed by atoms with Crippen LogP contribution in [0.1, 0.15) is 31.4 Å². The number of anilines is 2. The standard InChI is InChI=1S/C25H33N7O2/c1-31(2)16-19-13-24(29-17-28-19)30-18-3-5-21(6-4-18)34-23-15-20(32-9-11-33-12-10-32)14-22-25(23)27-8-7-26-22/h7-8,13-15,17-18,21H,3-6,9-12,16H2,1-2H3,(H,28,29,30). The van der Waals surface area contributed by atoms with E-state index in [1.54, 1.807) is 18.7 Å². The fourth-order valence-electron chi connectivity index (χ4n) is 4.72. The SMILES string of the molecule is CN(C)Cc1cc(NC2CCC(Oc3cc(N4CCOCC4)cc4nccnc34)CC2)ncn1. The Morgan fingerprint density at radius 1 is 1.00 bits per heavy atom. The maximum absolute atomic E-state index is 6.54.